The van der Waals surface area contributed by atoms with Crippen molar-refractivity contribution in [2.24, 2.45) is 4.99 Å². The number of carbonyl (C=O) groups excluding carboxylic acids is 2. The third kappa shape index (κ3) is 17.2. The van der Waals surface area contributed by atoms with E-state index in [1.807, 2.05) is 102 Å². The molecule has 417 valence electrons. The van der Waals surface area contributed by atoms with E-state index in [9.17, 15) is 9.59 Å². The third-order valence-electron chi connectivity index (χ3n) is 11.3. The number of imide groups is 1. The molecule has 10 heterocycles. The molecule has 0 bridgehead atoms. The number of amidine groups is 1. The topological polar surface area (TPSA) is 246 Å². The molecule has 24 heteroatoms. The number of carbonyl (C=O) groups is 2. The van der Waals surface area contributed by atoms with Crippen LogP contribution in [0.2, 0.25) is 0 Å². The fraction of sp³-hybridized carbons (Fsp3) is 0.107. The van der Waals surface area contributed by atoms with Gasteiger partial charge in [-0.15, -0.1) is 11.3 Å². The quantitative estimate of drug-likeness (QED) is 0.140. The number of benzene rings is 3. The van der Waals surface area contributed by atoms with E-state index < -0.39 is 11.8 Å². The first-order valence-corrected chi connectivity index (χ1v) is 24.1. The largest absolute Gasteiger partial charge is 0.586 e. The van der Waals surface area contributed by atoms with Gasteiger partial charge < -0.3 is 64.5 Å². The number of aliphatic imine (C=N–C) groups is 1. The summed E-state index contributed by atoms with van der Waals surface area (Å²) in [6.07, 6.45) is 11.5. The first kappa shape index (κ1) is 65.9. The number of aromatic nitrogens is 12. The van der Waals surface area contributed by atoms with Crippen LogP contribution in [0.25, 0.3) is 77.9 Å². The van der Waals surface area contributed by atoms with E-state index in [2.05, 4.69) is 103 Å². The Kier molecular flexibility index (Phi) is 25.8. The van der Waals surface area contributed by atoms with Crippen LogP contribution < -0.4 is 15.0 Å². The van der Waals surface area contributed by atoms with Crippen LogP contribution in [0, 0.1) is 0 Å². The second-order valence-corrected chi connectivity index (χ2v) is 17.9. The summed E-state index contributed by atoms with van der Waals surface area (Å²) >= 11 is 1.56. The predicted octanol–water partition coefficient (Wildman–Crippen LogP) is 11.0. The maximum atomic E-state index is 11.6. The van der Waals surface area contributed by atoms with Crippen LogP contribution in [0.4, 0.5) is 0 Å². The molecule has 0 saturated heterocycles. The Balaban J connectivity index is 0.000000212. The number of para-hydroxylation sites is 4. The first-order chi connectivity index (χ1) is 36.5. The van der Waals surface area contributed by atoms with Gasteiger partial charge in [0.1, 0.15) is 17.2 Å². The molecule has 1 aliphatic heterocycles. The van der Waals surface area contributed by atoms with Gasteiger partial charge in [-0.1, -0.05) is 137 Å². The van der Waals surface area contributed by atoms with Gasteiger partial charge in [-0.25, -0.2) is 9.97 Å². The van der Waals surface area contributed by atoms with E-state index in [-0.39, 0.29) is 117 Å². The molecule has 13 rings (SSSR count). The average molecular weight is 1970 g/mol. The number of amides is 2. The molecule has 2 amide bonds. The fourth-order valence-electron chi connectivity index (χ4n) is 6.80. The minimum absolute atomic E-state index is 0. The summed E-state index contributed by atoms with van der Waals surface area (Å²) in [5.74, 6) is 1.94. The Labute approximate surface area is 531 Å². The van der Waals surface area contributed by atoms with Crippen molar-refractivity contribution in [2.45, 2.75) is 38.8 Å². The maximum Gasteiger partial charge on any atom is 0.217 e. The molecular weight excluding hydrogens is 1920 g/mol. The van der Waals surface area contributed by atoms with Gasteiger partial charge in [0, 0.05) is 154 Å². The van der Waals surface area contributed by atoms with Gasteiger partial charge in [0.05, 0.1) is 29.2 Å². The van der Waals surface area contributed by atoms with Crippen molar-refractivity contribution < 1.29 is 115 Å². The molecule has 1 aliphatic rings. The molecule has 0 fully saturated rings. The molecular formula is C56H44Ir5N15O3S-5. The van der Waals surface area contributed by atoms with Gasteiger partial charge >= 0.3 is 0 Å². The summed E-state index contributed by atoms with van der Waals surface area (Å²) in [7, 11) is 0. The molecule has 18 nitrogen and oxygen atoms in total. The number of thiazole rings is 1. The van der Waals surface area contributed by atoms with E-state index in [1.54, 1.807) is 84.8 Å². The summed E-state index contributed by atoms with van der Waals surface area (Å²) < 4.78 is 5.11. The minimum Gasteiger partial charge on any atom is -0.586 e. The number of nitrogens with zero attached hydrogens (tertiary/aromatic N) is 15. The number of oxazole rings is 1. The number of rotatable bonds is 6. The first-order valence-electron chi connectivity index (χ1n) is 23.3. The molecule has 5 radical (unpaired) electrons. The van der Waals surface area contributed by atoms with Gasteiger partial charge in [-0.2, -0.15) is 0 Å². The smallest absolute Gasteiger partial charge is 0.217 e. The molecule has 0 saturated carbocycles. The third-order valence-corrected chi connectivity index (χ3v) is 12.1. The molecule has 9 aromatic heterocycles. The Hall–Kier alpha value is -6.63. The summed E-state index contributed by atoms with van der Waals surface area (Å²) in [6, 6.07) is 44.0. The van der Waals surface area contributed by atoms with Crippen LogP contribution in [0.15, 0.2) is 204 Å². The van der Waals surface area contributed by atoms with E-state index in [4.69, 9.17) is 4.42 Å². The number of hydrogen-bond acceptors (Lipinski definition) is 14. The van der Waals surface area contributed by atoms with Crippen molar-refractivity contribution in [2.75, 3.05) is 0 Å². The van der Waals surface area contributed by atoms with Crippen molar-refractivity contribution in [1.29, 1.82) is 0 Å². The second kappa shape index (κ2) is 31.4. The van der Waals surface area contributed by atoms with Gasteiger partial charge in [0.15, 0.2) is 0 Å². The summed E-state index contributed by atoms with van der Waals surface area (Å²) in [4.78, 5) is 78.4. The van der Waals surface area contributed by atoms with Crippen molar-refractivity contribution in [3.05, 3.63) is 222 Å². The second-order valence-electron chi connectivity index (χ2n) is 17.0. The number of pyridine rings is 4. The van der Waals surface area contributed by atoms with Crippen molar-refractivity contribution in [1.82, 2.24) is 59.8 Å². The fourth-order valence-corrected chi connectivity index (χ4v) is 7.37. The number of fused-ring (bicyclic) bond motifs is 3. The monoisotopic (exact) mass is 1970 g/mol. The SMILES string of the molecule is CC1(C)N=C(c2ccccn2)[N-]C1(C)C.O=C([N-]C(=O)c1ccccn1)c1ccccc1.[Ir].[Ir].[Ir].[Ir].[Ir].c1ccc(-c2nc3cccnc3[n-]2)nc1.c1ccc2[n-]c(-c3ncco3)nc2c1.c1ccc2[n-]c(-c3nccs3)nc2c1. The van der Waals surface area contributed by atoms with Gasteiger partial charge in [-0.05, 0) is 93.0 Å². The molecule has 0 unspecified atom stereocenters. The molecule has 0 atom stereocenters. The van der Waals surface area contributed by atoms with E-state index in [0.29, 0.717) is 28.8 Å². The molecule has 0 N–H and O–H groups in total. The standard InChI is InChI=1S/C13H10N2O2.C12H16N3.C11H7N4.C10H6N3O.C10H6N3S.5Ir/c16-12(10-6-2-1-3-7-10)15-13(17)11-8-4-5-9-14-11;1-11(2)12(3,4)15-10(14-11)9-7-5-6-8-13-9;1-2-6-12-8(4-1)11-14-9-5-3-7-13-10(9)15-11;2*1-2-4-8-7(3-1)12-9(13-8)10-11-5-6-14-10;;;;;/h1-9H,(H,15,16,17);5-8H,1-4H3;1-7H;2*1-6H;;;;;/q;4*-1;;;;;/p-1. The molecule has 3 aromatic carbocycles. The Morgan fingerprint density at radius 3 is 1.61 bits per heavy atom. The molecule has 0 aliphatic carbocycles. The van der Waals surface area contributed by atoms with Crippen molar-refractivity contribution in [3.63, 3.8) is 0 Å². The van der Waals surface area contributed by atoms with E-state index >= 15 is 0 Å². The number of hydrogen-bond donors (Lipinski definition) is 0. The normalized spacial score (nSPS) is 12.0. The van der Waals surface area contributed by atoms with Crippen LogP contribution in [-0.4, -0.2) is 73.6 Å². The zero-order valence-corrected chi connectivity index (χ0v) is 55.3. The Morgan fingerprint density at radius 2 is 1.06 bits per heavy atom. The summed E-state index contributed by atoms with van der Waals surface area (Å²) in [5, 5.41) is 10.9. The zero-order chi connectivity index (χ0) is 52.0. The van der Waals surface area contributed by atoms with E-state index in [0.717, 1.165) is 55.6 Å². The number of imidazole rings is 3. The predicted molar refractivity (Wildman–Crippen MR) is 288 cm³/mol. The van der Waals surface area contributed by atoms with Crippen LogP contribution in [0.5, 0.6) is 0 Å². The van der Waals surface area contributed by atoms with Crippen LogP contribution in [0.1, 0.15) is 54.2 Å². The van der Waals surface area contributed by atoms with Gasteiger partial charge in [0.25, 0.3) is 0 Å². The van der Waals surface area contributed by atoms with Crippen LogP contribution in [-0.2, 0) is 101 Å². The van der Waals surface area contributed by atoms with E-state index in [1.165, 1.54) is 18.5 Å². The van der Waals surface area contributed by atoms with Crippen LogP contribution >= 0.6 is 11.3 Å². The zero-order valence-electron chi connectivity index (χ0n) is 42.5. The van der Waals surface area contributed by atoms with Crippen molar-refractivity contribution in [3.8, 4) is 34.1 Å². The summed E-state index contributed by atoms with van der Waals surface area (Å²) in [6.45, 7) is 8.41. The van der Waals surface area contributed by atoms with Crippen molar-refractivity contribution >= 4 is 62.2 Å². The molecule has 0 spiro atoms. The average Bonchev–Trinajstić information content (AvgIpc) is 4.34. The van der Waals surface area contributed by atoms with Crippen LogP contribution in [0.3, 0.4) is 0 Å². The Bertz CT molecular complexity index is 3540. The van der Waals surface area contributed by atoms with Gasteiger partial charge in [-0.3, -0.25) is 15.0 Å². The summed E-state index contributed by atoms with van der Waals surface area (Å²) in [5.41, 5.74) is 6.92. The maximum absolute atomic E-state index is 11.6. The molecule has 12 aromatic rings. The Morgan fingerprint density at radius 1 is 0.500 bits per heavy atom. The molecule has 80 heavy (non-hydrogen) atoms. The minimum atomic E-state index is -0.626. The van der Waals surface area contributed by atoms with Gasteiger partial charge in [0.2, 0.25) is 5.89 Å².